The number of hydrogen-bond donors (Lipinski definition) is 1. The molecule has 0 spiro atoms. The number of fused-ring (bicyclic) bond motifs is 1. The lowest BCUT2D eigenvalue weighted by Crippen LogP contribution is -2.23. The summed E-state index contributed by atoms with van der Waals surface area (Å²) in [6, 6.07) is 8.11. The topological polar surface area (TPSA) is 86.7 Å². The second-order valence-corrected chi connectivity index (χ2v) is 8.60. The van der Waals surface area contributed by atoms with Crippen LogP contribution in [-0.2, 0) is 17.1 Å². The van der Waals surface area contributed by atoms with Gasteiger partial charge in [0.15, 0.2) is 9.50 Å². The number of benzene rings is 1. The molecule has 0 bridgehead atoms. The van der Waals surface area contributed by atoms with Crippen molar-refractivity contribution in [2.24, 2.45) is 5.73 Å². The molecule has 1 amide bonds. The van der Waals surface area contributed by atoms with Crippen LogP contribution in [0.2, 0.25) is 0 Å². The van der Waals surface area contributed by atoms with Gasteiger partial charge in [-0.1, -0.05) is 35.7 Å². The van der Waals surface area contributed by atoms with Crippen molar-refractivity contribution in [2.45, 2.75) is 40.9 Å². The molecular formula is C15H17N5OS3. The number of thioether (sulfide) groups is 2. The maximum Gasteiger partial charge on any atom is 0.230 e. The molecule has 0 aliphatic heterocycles. The zero-order chi connectivity index (χ0) is 17.1. The lowest BCUT2D eigenvalue weighted by molar-refractivity contribution is -0.117. The molecule has 0 saturated carbocycles. The molecule has 3 aromatic rings. The van der Waals surface area contributed by atoms with Gasteiger partial charge in [-0.05, 0) is 26.0 Å². The fourth-order valence-electron chi connectivity index (χ4n) is 2.09. The SMILES string of the molecule is CCn1c(CSc2nc3ccccc3s2)nnc1S[C@H](C)C(N)=O. The minimum atomic E-state index is -0.351. The van der Waals surface area contributed by atoms with E-state index in [-0.39, 0.29) is 11.2 Å². The van der Waals surface area contributed by atoms with Gasteiger partial charge in [-0.25, -0.2) is 4.98 Å². The summed E-state index contributed by atoms with van der Waals surface area (Å²) in [5, 5.41) is 8.86. The number of rotatable bonds is 7. The van der Waals surface area contributed by atoms with Crippen molar-refractivity contribution in [1.29, 1.82) is 0 Å². The highest BCUT2D eigenvalue weighted by Crippen LogP contribution is 2.32. The van der Waals surface area contributed by atoms with Crippen molar-refractivity contribution < 1.29 is 4.79 Å². The van der Waals surface area contributed by atoms with E-state index in [9.17, 15) is 4.79 Å². The maximum absolute atomic E-state index is 11.2. The Morgan fingerprint density at radius 1 is 1.38 bits per heavy atom. The summed E-state index contributed by atoms with van der Waals surface area (Å²) in [4.78, 5) is 15.9. The Morgan fingerprint density at radius 3 is 2.88 bits per heavy atom. The standard InChI is InChI=1S/C15H17N5OS3/c1-3-20-12(18-19-14(20)23-9(2)13(16)21)8-22-15-17-10-6-4-5-7-11(10)24-15/h4-7,9H,3,8H2,1-2H3,(H2,16,21)/t9-/m1/s1. The number of aromatic nitrogens is 4. The van der Waals surface area contributed by atoms with Gasteiger partial charge in [0.2, 0.25) is 5.91 Å². The van der Waals surface area contributed by atoms with Crippen LogP contribution >= 0.6 is 34.9 Å². The number of primary amides is 1. The highest BCUT2D eigenvalue weighted by molar-refractivity contribution is 8.00. The van der Waals surface area contributed by atoms with Gasteiger partial charge in [0.05, 0.1) is 21.2 Å². The maximum atomic E-state index is 11.2. The van der Waals surface area contributed by atoms with Gasteiger partial charge in [-0.15, -0.1) is 21.5 Å². The molecule has 1 atom stereocenters. The van der Waals surface area contributed by atoms with E-state index in [1.165, 1.54) is 16.5 Å². The quantitative estimate of drug-likeness (QED) is 0.635. The number of amides is 1. The first kappa shape index (κ1) is 17.2. The third-order valence-electron chi connectivity index (χ3n) is 3.39. The first-order valence-electron chi connectivity index (χ1n) is 7.45. The zero-order valence-corrected chi connectivity index (χ0v) is 15.7. The molecule has 0 saturated heterocycles. The van der Waals surface area contributed by atoms with Crippen molar-refractivity contribution in [3.05, 3.63) is 30.1 Å². The normalized spacial score (nSPS) is 12.6. The average molecular weight is 380 g/mol. The van der Waals surface area contributed by atoms with Crippen molar-refractivity contribution in [3.8, 4) is 0 Å². The van der Waals surface area contributed by atoms with Crippen LogP contribution in [0.25, 0.3) is 10.2 Å². The van der Waals surface area contributed by atoms with Crippen LogP contribution in [0.5, 0.6) is 0 Å². The van der Waals surface area contributed by atoms with Gasteiger partial charge >= 0.3 is 0 Å². The molecule has 0 unspecified atom stereocenters. The molecular weight excluding hydrogens is 362 g/mol. The predicted molar refractivity (Wildman–Crippen MR) is 99.4 cm³/mol. The van der Waals surface area contributed by atoms with E-state index in [1.807, 2.05) is 29.7 Å². The largest absolute Gasteiger partial charge is 0.369 e. The summed E-state index contributed by atoms with van der Waals surface area (Å²) >= 11 is 4.67. The Bertz CT molecular complexity index is 827. The molecule has 0 radical (unpaired) electrons. The summed E-state index contributed by atoms with van der Waals surface area (Å²) in [5.41, 5.74) is 6.35. The highest BCUT2D eigenvalue weighted by atomic mass is 32.2. The molecule has 126 valence electrons. The molecule has 1 aromatic carbocycles. The van der Waals surface area contributed by atoms with E-state index in [0.717, 1.165) is 27.4 Å². The molecule has 2 aromatic heterocycles. The molecule has 3 rings (SSSR count). The summed E-state index contributed by atoms with van der Waals surface area (Å²) in [6.07, 6.45) is 0. The Kier molecular flexibility index (Phi) is 5.42. The molecule has 0 fully saturated rings. The van der Waals surface area contributed by atoms with Crippen LogP contribution in [0.3, 0.4) is 0 Å². The van der Waals surface area contributed by atoms with Gasteiger partial charge in [-0.2, -0.15) is 0 Å². The summed E-state index contributed by atoms with van der Waals surface area (Å²) < 4.78 is 4.22. The highest BCUT2D eigenvalue weighted by Gasteiger charge is 2.18. The van der Waals surface area contributed by atoms with Crippen LogP contribution in [0.4, 0.5) is 0 Å². The number of nitrogens with two attached hydrogens (primary N) is 1. The third-order valence-corrected chi connectivity index (χ3v) is 6.67. The number of carbonyl (C=O) groups excluding carboxylic acids is 1. The summed E-state index contributed by atoms with van der Waals surface area (Å²) in [7, 11) is 0. The van der Waals surface area contributed by atoms with Crippen molar-refractivity contribution >= 4 is 51.0 Å². The molecule has 2 N–H and O–H groups in total. The number of para-hydroxylation sites is 1. The van der Waals surface area contributed by atoms with Crippen LogP contribution in [-0.4, -0.2) is 30.9 Å². The summed E-state index contributed by atoms with van der Waals surface area (Å²) in [6.45, 7) is 4.56. The van der Waals surface area contributed by atoms with Crippen LogP contribution in [0, 0.1) is 0 Å². The van der Waals surface area contributed by atoms with Gasteiger partial charge in [0.25, 0.3) is 0 Å². The monoisotopic (exact) mass is 379 g/mol. The number of carbonyl (C=O) groups is 1. The molecule has 6 nitrogen and oxygen atoms in total. The van der Waals surface area contributed by atoms with Crippen LogP contribution < -0.4 is 5.73 Å². The van der Waals surface area contributed by atoms with E-state index in [1.54, 1.807) is 30.0 Å². The van der Waals surface area contributed by atoms with Crippen LogP contribution in [0.1, 0.15) is 19.7 Å². The second kappa shape index (κ2) is 7.54. The fourth-order valence-corrected chi connectivity index (χ4v) is 4.98. The third kappa shape index (κ3) is 3.73. The average Bonchev–Trinajstić information content (AvgIpc) is 3.15. The Labute approximate surface area is 152 Å². The predicted octanol–water partition coefficient (Wildman–Crippen LogP) is 3.17. The van der Waals surface area contributed by atoms with Crippen molar-refractivity contribution in [1.82, 2.24) is 19.7 Å². The molecule has 9 heteroatoms. The van der Waals surface area contributed by atoms with E-state index in [0.29, 0.717) is 5.75 Å². The lowest BCUT2D eigenvalue weighted by atomic mass is 10.3. The second-order valence-electron chi connectivity index (χ2n) is 5.04. The first-order chi connectivity index (χ1) is 11.6. The summed E-state index contributed by atoms with van der Waals surface area (Å²) in [5.74, 6) is 1.21. The smallest absolute Gasteiger partial charge is 0.230 e. The fraction of sp³-hybridized carbons (Fsp3) is 0.333. The van der Waals surface area contributed by atoms with Gasteiger partial charge in [0, 0.05) is 6.54 Å². The Hall–Kier alpha value is -1.58. The minimum Gasteiger partial charge on any atom is -0.369 e. The van der Waals surface area contributed by atoms with Gasteiger partial charge in [-0.3, -0.25) is 4.79 Å². The minimum absolute atomic E-state index is 0.329. The number of hydrogen-bond acceptors (Lipinski definition) is 7. The van der Waals surface area contributed by atoms with Crippen molar-refractivity contribution in [3.63, 3.8) is 0 Å². The van der Waals surface area contributed by atoms with E-state index in [4.69, 9.17) is 5.73 Å². The van der Waals surface area contributed by atoms with Crippen molar-refractivity contribution in [2.75, 3.05) is 0 Å². The first-order valence-corrected chi connectivity index (χ1v) is 10.1. The molecule has 2 heterocycles. The zero-order valence-electron chi connectivity index (χ0n) is 13.3. The molecule has 0 aliphatic rings. The Balaban J connectivity index is 1.72. The van der Waals surface area contributed by atoms with E-state index in [2.05, 4.69) is 21.2 Å². The number of thiazole rings is 1. The van der Waals surface area contributed by atoms with Gasteiger partial charge in [0.1, 0.15) is 5.82 Å². The van der Waals surface area contributed by atoms with Crippen LogP contribution in [0.15, 0.2) is 33.8 Å². The molecule has 24 heavy (non-hydrogen) atoms. The number of nitrogens with zero attached hydrogens (tertiary/aromatic N) is 4. The Morgan fingerprint density at radius 2 is 2.17 bits per heavy atom. The molecule has 0 aliphatic carbocycles. The lowest BCUT2D eigenvalue weighted by Gasteiger charge is -2.09. The van der Waals surface area contributed by atoms with E-state index < -0.39 is 0 Å². The van der Waals surface area contributed by atoms with Gasteiger partial charge < -0.3 is 10.3 Å². The van der Waals surface area contributed by atoms with E-state index >= 15 is 0 Å².